The maximum atomic E-state index is 12.9. The van der Waals surface area contributed by atoms with Gasteiger partial charge in [-0.25, -0.2) is 9.78 Å². The van der Waals surface area contributed by atoms with Crippen molar-refractivity contribution < 1.29 is 23.8 Å². The Hall–Kier alpha value is -2.95. The fourth-order valence-corrected chi connectivity index (χ4v) is 4.14. The van der Waals surface area contributed by atoms with Crippen LogP contribution in [-0.4, -0.2) is 48.9 Å². The summed E-state index contributed by atoms with van der Waals surface area (Å²) in [7, 11) is 3.00. The van der Waals surface area contributed by atoms with Gasteiger partial charge in [-0.1, -0.05) is 11.6 Å². The van der Waals surface area contributed by atoms with E-state index < -0.39 is 17.4 Å². The number of hydrogen-bond donors (Lipinski definition) is 1. The number of aryl methyl sites for hydroxylation is 1. The Kier molecular flexibility index (Phi) is 7.26. The van der Waals surface area contributed by atoms with Gasteiger partial charge in [-0.15, -0.1) is 11.3 Å². The summed E-state index contributed by atoms with van der Waals surface area (Å²) < 4.78 is 16.3. The molecule has 3 aromatic rings. The van der Waals surface area contributed by atoms with E-state index in [9.17, 15) is 14.4 Å². The highest BCUT2D eigenvalue weighted by Crippen LogP contribution is 2.28. The van der Waals surface area contributed by atoms with Crippen LogP contribution in [-0.2, 0) is 20.8 Å². The first kappa shape index (κ1) is 22.7. The van der Waals surface area contributed by atoms with Crippen LogP contribution in [0.1, 0.15) is 15.2 Å². The third-order valence-electron chi connectivity index (χ3n) is 4.37. The number of ether oxygens (including phenoxy) is 3. The van der Waals surface area contributed by atoms with Crippen molar-refractivity contribution in [3.63, 3.8) is 0 Å². The minimum absolute atomic E-state index is 0.107. The second-order valence-corrected chi connectivity index (χ2v) is 7.85. The van der Waals surface area contributed by atoms with Gasteiger partial charge < -0.3 is 19.5 Å². The van der Waals surface area contributed by atoms with Crippen molar-refractivity contribution >= 4 is 50.7 Å². The first-order chi connectivity index (χ1) is 14.8. The first-order valence-corrected chi connectivity index (χ1v) is 10.3. The van der Waals surface area contributed by atoms with Gasteiger partial charge in [0.15, 0.2) is 0 Å². The lowest BCUT2D eigenvalue weighted by molar-refractivity contribution is -0.116. The van der Waals surface area contributed by atoms with Gasteiger partial charge in [0.25, 0.3) is 5.56 Å². The third-order valence-corrected chi connectivity index (χ3v) is 5.85. The van der Waals surface area contributed by atoms with Crippen molar-refractivity contribution in [3.05, 3.63) is 50.3 Å². The molecule has 2 aromatic heterocycles. The third kappa shape index (κ3) is 5.04. The van der Waals surface area contributed by atoms with Crippen molar-refractivity contribution in [1.29, 1.82) is 0 Å². The molecular weight excluding hydrogens is 446 g/mol. The number of esters is 1. The Morgan fingerprint density at radius 1 is 1.26 bits per heavy atom. The quantitative estimate of drug-likeness (QED) is 0.402. The van der Waals surface area contributed by atoms with Gasteiger partial charge in [-0.2, -0.15) is 0 Å². The fourth-order valence-electron chi connectivity index (χ4n) is 2.85. The summed E-state index contributed by atoms with van der Waals surface area (Å²) in [6.07, 6.45) is 1.28. The molecule has 0 fully saturated rings. The Morgan fingerprint density at radius 2 is 2.03 bits per heavy atom. The van der Waals surface area contributed by atoms with Crippen LogP contribution in [0.4, 0.5) is 5.69 Å². The Bertz CT molecular complexity index is 1190. The lowest BCUT2D eigenvalue weighted by Gasteiger charge is -2.09. The van der Waals surface area contributed by atoms with Crippen LogP contribution in [0, 0.1) is 6.92 Å². The number of aromatic nitrogens is 2. The van der Waals surface area contributed by atoms with Crippen molar-refractivity contribution in [2.45, 2.75) is 13.5 Å². The number of nitrogens with zero attached hydrogens (tertiary/aromatic N) is 2. The highest BCUT2D eigenvalue weighted by molar-refractivity contribution is 7.20. The van der Waals surface area contributed by atoms with Crippen LogP contribution in [0.15, 0.2) is 29.3 Å². The maximum Gasteiger partial charge on any atom is 0.348 e. The zero-order valence-corrected chi connectivity index (χ0v) is 18.6. The number of carbonyl (C=O) groups is 2. The SMILES string of the molecule is COCCOC(=O)c1sc2ncn(CC(=O)Nc3ccc(OC)c(Cl)c3)c(=O)c2c1C. The summed E-state index contributed by atoms with van der Waals surface area (Å²) in [6.45, 7) is 1.78. The molecule has 0 atom stereocenters. The minimum atomic E-state index is -0.544. The molecule has 0 unspecified atom stereocenters. The summed E-state index contributed by atoms with van der Waals surface area (Å²) in [4.78, 5) is 42.5. The topological polar surface area (TPSA) is 109 Å². The summed E-state index contributed by atoms with van der Waals surface area (Å²) in [5, 5.41) is 3.31. The van der Waals surface area contributed by atoms with Gasteiger partial charge in [-0.05, 0) is 30.7 Å². The molecule has 0 aliphatic carbocycles. The molecule has 9 nitrogen and oxygen atoms in total. The second-order valence-electron chi connectivity index (χ2n) is 6.44. The van der Waals surface area contributed by atoms with E-state index in [0.29, 0.717) is 31.7 Å². The number of benzene rings is 1. The fraction of sp³-hybridized carbons (Fsp3) is 0.300. The zero-order chi connectivity index (χ0) is 22.5. The Labute approximate surface area is 186 Å². The molecule has 0 spiro atoms. The average Bonchev–Trinajstić information content (AvgIpc) is 3.07. The van der Waals surface area contributed by atoms with Crippen molar-refractivity contribution in [2.24, 2.45) is 0 Å². The van der Waals surface area contributed by atoms with E-state index in [0.717, 1.165) is 11.3 Å². The van der Waals surface area contributed by atoms with Gasteiger partial charge in [0.05, 0.1) is 30.5 Å². The minimum Gasteiger partial charge on any atom is -0.495 e. The van der Waals surface area contributed by atoms with Gasteiger partial charge in [0, 0.05) is 12.8 Å². The van der Waals surface area contributed by atoms with Gasteiger partial charge >= 0.3 is 5.97 Å². The van der Waals surface area contributed by atoms with Crippen LogP contribution in [0.2, 0.25) is 5.02 Å². The molecular formula is C20H20ClN3O6S. The predicted molar refractivity (Wildman–Crippen MR) is 117 cm³/mol. The predicted octanol–water partition coefficient (Wildman–Crippen LogP) is 2.87. The van der Waals surface area contributed by atoms with E-state index in [2.05, 4.69) is 10.3 Å². The molecule has 0 aliphatic heterocycles. The van der Waals surface area contributed by atoms with Gasteiger partial charge in [0.1, 0.15) is 28.6 Å². The van der Waals surface area contributed by atoms with Crippen molar-refractivity contribution in [1.82, 2.24) is 9.55 Å². The van der Waals surface area contributed by atoms with E-state index in [1.54, 1.807) is 25.1 Å². The van der Waals surface area contributed by atoms with Crippen molar-refractivity contribution in [2.75, 3.05) is 32.8 Å². The lowest BCUT2D eigenvalue weighted by Crippen LogP contribution is -2.27. The van der Waals surface area contributed by atoms with E-state index in [1.165, 1.54) is 25.1 Å². The molecule has 2 heterocycles. The number of nitrogens with one attached hydrogen (secondary N) is 1. The molecule has 1 N–H and O–H groups in total. The zero-order valence-electron chi connectivity index (χ0n) is 17.1. The number of halogens is 1. The molecule has 0 radical (unpaired) electrons. The lowest BCUT2D eigenvalue weighted by atomic mass is 10.2. The molecule has 0 saturated carbocycles. The Balaban J connectivity index is 1.80. The summed E-state index contributed by atoms with van der Waals surface area (Å²) in [5.41, 5.74) is 0.514. The van der Waals surface area contributed by atoms with Crippen LogP contribution in [0.25, 0.3) is 10.2 Å². The highest BCUT2D eigenvalue weighted by atomic mass is 35.5. The number of fused-ring (bicyclic) bond motifs is 1. The van der Waals surface area contributed by atoms with Gasteiger partial charge in [-0.3, -0.25) is 14.2 Å². The molecule has 0 bridgehead atoms. The number of methoxy groups -OCH3 is 2. The van der Waals surface area contributed by atoms with E-state index in [1.807, 2.05) is 0 Å². The molecule has 31 heavy (non-hydrogen) atoms. The average molecular weight is 466 g/mol. The molecule has 0 saturated heterocycles. The molecule has 1 aromatic carbocycles. The van der Waals surface area contributed by atoms with Crippen molar-refractivity contribution in [3.8, 4) is 5.75 Å². The Morgan fingerprint density at radius 3 is 2.71 bits per heavy atom. The number of hydrogen-bond acceptors (Lipinski definition) is 8. The molecule has 3 rings (SSSR count). The second kappa shape index (κ2) is 9.90. The molecule has 0 aliphatic rings. The number of carbonyl (C=O) groups excluding carboxylic acids is 2. The van der Waals surface area contributed by atoms with E-state index >= 15 is 0 Å². The first-order valence-electron chi connectivity index (χ1n) is 9.13. The number of anilines is 1. The number of thiophene rings is 1. The monoisotopic (exact) mass is 465 g/mol. The largest absolute Gasteiger partial charge is 0.495 e. The van der Waals surface area contributed by atoms with Crippen LogP contribution >= 0.6 is 22.9 Å². The van der Waals surface area contributed by atoms with Crippen LogP contribution in [0.3, 0.4) is 0 Å². The van der Waals surface area contributed by atoms with Crippen LogP contribution < -0.4 is 15.6 Å². The maximum absolute atomic E-state index is 12.9. The number of rotatable bonds is 8. The smallest absolute Gasteiger partial charge is 0.348 e. The normalized spacial score (nSPS) is 10.8. The summed E-state index contributed by atoms with van der Waals surface area (Å²) in [6, 6.07) is 4.81. The number of amides is 1. The highest BCUT2D eigenvalue weighted by Gasteiger charge is 2.21. The molecule has 164 valence electrons. The van der Waals surface area contributed by atoms with E-state index in [-0.39, 0.29) is 25.1 Å². The van der Waals surface area contributed by atoms with Crippen LogP contribution in [0.5, 0.6) is 5.75 Å². The molecule has 11 heteroatoms. The van der Waals surface area contributed by atoms with Gasteiger partial charge in [0.2, 0.25) is 5.91 Å². The summed E-state index contributed by atoms with van der Waals surface area (Å²) >= 11 is 7.14. The molecule has 1 amide bonds. The van der Waals surface area contributed by atoms with E-state index in [4.69, 9.17) is 25.8 Å². The standard InChI is InChI=1S/C20H20ClN3O6S/c1-11-16-18(31-17(11)20(27)30-7-6-28-2)22-10-24(19(16)26)9-15(25)23-12-4-5-14(29-3)13(21)8-12/h4-5,8,10H,6-7,9H2,1-3H3,(H,23,25). The summed E-state index contributed by atoms with van der Waals surface area (Å²) in [5.74, 6) is -0.496.